The Labute approximate surface area is 108 Å². The van der Waals surface area contributed by atoms with Crippen molar-refractivity contribution in [3.63, 3.8) is 0 Å². The Kier molecular flexibility index (Phi) is 3.55. The molecule has 19 heavy (non-hydrogen) atoms. The summed E-state index contributed by atoms with van der Waals surface area (Å²) < 4.78 is 30.9. The van der Waals surface area contributed by atoms with E-state index in [4.69, 9.17) is 4.74 Å². The molecule has 0 unspecified atom stereocenters. The van der Waals surface area contributed by atoms with Crippen molar-refractivity contribution in [1.82, 2.24) is 4.98 Å². The molecule has 0 aliphatic heterocycles. The molecule has 3 nitrogen and oxygen atoms in total. The van der Waals surface area contributed by atoms with E-state index in [0.29, 0.717) is 5.56 Å². The third kappa shape index (κ3) is 3.34. The highest BCUT2D eigenvalue weighted by Gasteiger charge is 2.25. The van der Waals surface area contributed by atoms with E-state index in [9.17, 15) is 13.6 Å². The third-order valence-electron chi connectivity index (χ3n) is 2.41. The monoisotopic (exact) mass is 263 g/mol. The Bertz CT molecular complexity index is 562. The molecule has 0 spiro atoms. The number of rotatable bonds is 3. The van der Waals surface area contributed by atoms with Gasteiger partial charge in [0.1, 0.15) is 11.4 Å². The predicted molar refractivity (Wildman–Crippen MR) is 65.2 cm³/mol. The van der Waals surface area contributed by atoms with Gasteiger partial charge in [0, 0.05) is 6.92 Å². The third-order valence-corrected chi connectivity index (χ3v) is 2.41. The lowest BCUT2D eigenvalue weighted by molar-refractivity contribution is 0.0127. The minimum Gasteiger partial charge on any atom is -0.421 e. The average molecular weight is 263 g/mol. The lowest BCUT2D eigenvalue weighted by Crippen LogP contribution is -2.11. The van der Waals surface area contributed by atoms with Gasteiger partial charge in [0.15, 0.2) is 0 Å². The molecule has 1 heterocycles. The van der Waals surface area contributed by atoms with E-state index in [2.05, 4.69) is 4.98 Å². The summed E-state index contributed by atoms with van der Waals surface area (Å²) >= 11 is 0. The van der Waals surface area contributed by atoms with Crippen LogP contribution in [0.4, 0.5) is 8.78 Å². The summed E-state index contributed by atoms with van der Waals surface area (Å²) in [5.41, 5.74) is 0.0133. The molecular formula is C14H11F2NO2. The molecule has 5 heteroatoms. The lowest BCUT2D eigenvalue weighted by atomic mass is 10.2. The molecule has 2 rings (SSSR count). The van der Waals surface area contributed by atoms with Crippen LogP contribution in [0.3, 0.4) is 0 Å². The van der Waals surface area contributed by atoms with Crippen molar-refractivity contribution >= 4 is 5.97 Å². The number of aromatic nitrogens is 1. The molecule has 1 aromatic heterocycles. The number of hydrogen-bond acceptors (Lipinski definition) is 3. The summed E-state index contributed by atoms with van der Waals surface area (Å²) in [7, 11) is 0. The number of alkyl halides is 2. The minimum atomic E-state index is -3.01. The highest BCUT2D eigenvalue weighted by molar-refractivity contribution is 5.90. The SMILES string of the molecule is CC(F)(F)c1ccc(OC(=O)c2ccccc2)cn1. The van der Waals surface area contributed by atoms with Crippen molar-refractivity contribution in [3.05, 3.63) is 59.9 Å². The quantitative estimate of drug-likeness (QED) is 0.796. The largest absolute Gasteiger partial charge is 0.421 e. The zero-order chi connectivity index (χ0) is 13.9. The zero-order valence-corrected chi connectivity index (χ0v) is 10.1. The first kappa shape index (κ1) is 13.1. The Balaban J connectivity index is 2.10. The van der Waals surface area contributed by atoms with Gasteiger partial charge in [0.2, 0.25) is 0 Å². The van der Waals surface area contributed by atoms with Crippen LogP contribution in [0.15, 0.2) is 48.7 Å². The molecule has 0 saturated carbocycles. The van der Waals surface area contributed by atoms with Gasteiger partial charge in [-0.25, -0.2) is 4.79 Å². The summed E-state index contributed by atoms with van der Waals surface area (Å²) in [5.74, 6) is -3.44. The summed E-state index contributed by atoms with van der Waals surface area (Å²) in [6, 6.07) is 10.8. The zero-order valence-electron chi connectivity index (χ0n) is 10.1. The number of benzene rings is 1. The van der Waals surface area contributed by atoms with Crippen LogP contribution in [-0.4, -0.2) is 11.0 Å². The lowest BCUT2D eigenvalue weighted by Gasteiger charge is -2.09. The van der Waals surface area contributed by atoms with E-state index >= 15 is 0 Å². The summed E-state index contributed by atoms with van der Waals surface area (Å²) in [6.45, 7) is 0.755. The molecular weight excluding hydrogens is 252 g/mol. The van der Waals surface area contributed by atoms with Crippen molar-refractivity contribution in [3.8, 4) is 5.75 Å². The van der Waals surface area contributed by atoms with E-state index in [1.165, 1.54) is 6.07 Å². The number of carbonyl (C=O) groups excluding carboxylic acids is 1. The molecule has 0 atom stereocenters. The van der Waals surface area contributed by atoms with Gasteiger partial charge in [-0.05, 0) is 24.3 Å². The fourth-order valence-corrected chi connectivity index (χ4v) is 1.44. The first-order valence-corrected chi connectivity index (χ1v) is 5.58. The van der Waals surface area contributed by atoms with E-state index in [1.54, 1.807) is 30.3 Å². The fourth-order valence-electron chi connectivity index (χ4n) is 1.44. The minimum absolute atomic E-state index is 0.127. The normalized spacial score (nSPS) is 11.1. The predicted octanol–water partition coefficient (Wildman–Crippen LogP) is 3.41. The maximum absolute atomic E-state index is 12.9. The van der Waals surface area contributed by atoms with Gasteiger partial charge in [0.25, 0.3) is 5.92 Å². The molecule has 2 aromatic rings. The van der Waals surface area contributed by atoms with Gasteiger partial charge in [-0.1, -0.05) is 18.2 Å². The van der Waals surface area contributed by atoms with E-state index in [1.807, 2.05) is 0 Å². The van der Waals surface area contributed by atoms with Crippen LogP contribution in [-0.2, 0) is 5.92 Å². The van der Waals surface area contributed by atoms with Gasteiger partial charge in [-0.3, -0.25) is 4.98 Å². The van der Waals surface area contributed by atoms with Crippen LogP contribution in [0.5, 0.6) is 5.75 Å². The Morgan fingerprint density at radius 1 is 1.16 bits per heavy atom. The molecule has 0 aliphatic carbocycles. The smallest absolute Gasteiger partial charge is 0.343 e. The Hall–Kier alpha value is -2.30. The van der Waals surface area contributed by atoms with Gasteiger partial charge in [-0.2, -0.15) is 8.78 Å². The Morgan fingerprint density at radius 3 is 2.37 bits per heavy atom. The molecule has 0 aliphatic rings. The number of esters is 1. The second-order valence-corrected chi connectivity index (χ2v) is 4.02. The number of pyridine rings is 1. The second-order valence-electron chi connectivity index (χ2n) is 4.02. The van der Waals surface area contributed by atoms with Crippen LogP contribution in [0.1, 0.15) is 23.0 Å². The van der Waals surface area contributed by atoms with Gasteiger partial charge in [0.05, 0.1) is 11.8 Å². The van der Waals surface area contributed by atoms with Gasteiger partial charge < -0.3 is 4.74 Å². The summed E-state index contributed by atoms with van der Waals surface area (Å²) in [6.07, 6.45) is 1.10. The first-order valence-electron chi connectivity index (χ1n) is 5.58. The van der Waals surface area contributed by atoms with Crippen LogP contribution in [0.25, 0.3) is 0 Å². The Morgan fingerprint density at radius 2 is 1.84 bits per heavy atom. The standard InChI is InChI=1S/C14H11F2NO2/c1-14(15,16)12-8-7-11(9-17-12)19-13(18)10-5-3-2-4-6-10/h2-9H,1H3. The second kappa shape index (κ2) is 5.14. The van der Waals surface area contributed by atoms with Gasteiger partial charge >= 0.3 is 5.97 Å². The highest BCUT2D eigenvalue weighted by Crippen LogP contribution is 2.26. The van der Waals surface area contributed by atoms with Crippen LogP contribution >= 0.6 is 0 Å². The van der Waals surface area contributed by atoms with Crippen molar-refractivity contribution in [2.24, 2.45) is 0 Å². The topological polar surface area (TPSA) is 39.2 Å². The number of hydrogen-bond donors (Lipinski definition) is 0. The number of carbonyl (C=O) groups is 1. The molecule has 0 N–H and O–H groups in total. The van der Waals surface area contributed by atoms with Crippen molar-refractivity contribution in [1.29, 1.82) is 0 Å². The molecule has 0 fully saturated rings. The molecule has 0 amide bonds. The van der Waals surface area contributed by atoms with Crippen LogP contribution < -0.4 is 4.74 Å². The maximum atomic E-state index is 12.9. The summed E-state index contributed by atoms with van der Waals surface area (Å²) in [5, 5.41) is 0. The molecule has 0 bridgehead atoms. The highest BCUT2D eigenvalue weighted by atomic mass is 19.3. The van der Waals surface area contributed by atoms with E-state index in [-0.39, 0.29) is 11.4 Å². The fraction of sp³-hybridized carbons (Fsp3) is 0.143. The van der Waals surface area contributed by atoms with E-state index < -0.39 is 11.9 Å². The average Bonchev–Trinajstić information content (AvgIpc) is 2.39. The van der Waals surface area contributed by atoms with Gasteiger partial charge in [-0.15, -0.1) is 0 Å². The molecule has 0 radical (unpaired) electrons. The summed E-state index contributed by atoms with van der Waals surface area (Å²) in [4.78, 5) is 15.3. The van der Waals surface area contributed by atoms with Crippen molar-refractivity contribution in [2.75, 3.05) is 0 Å². The molecule has 0 saturated heterocycles. The number of ether oxygens (including phenoxy) is 1. The number of halogens is 2. The van der Waals surface area contributed by atoms with Crippen LogP contribution in [0, 0.1) is 0 Å². The van der Waals surface area contributed by atoms with Crippen molar-refractivity contribution < 1.29 is 18.3 Å². The van der Waals surface area contributed by atoms with Crippen molar-refractivity contribution in [2.45, 2.75) is 12.8 Å². The maximum Gasteiger partial charge on any atom is 0.343 e. The van der Waals surface area contributed by atoms with E-state index in [0.717, 1.165) is 19.2 Å². The molecule has 1 aromatic carbocycles. The number of nitrogens with zero attached hydrogens (tertiary/aromatic N) is 1. The molecule has 98 valence electrons. The first-order chi connectivity index (χ1) is 8.97. The van der Waals surface area contributed by atoms with Crippen LogP contribution in [0.2, 0.25) is 0 Å².